The SMILES string of the molecule is CC1CC(C)C(C)N(C(=O)C2CCC(CN)CC2)C1. The Balaban J connectivity index is 1.95. The highest BCUT2D eigenvalue weighted by Crippen LogP contribution is 2.33. The molecule has 3 unspecified atom stereocenters. The highest BCUT2D eigenvalue weighted by atomic mass is 16.2. The second-order valence-corrected chi connectivity index (χ2v) is 7.00. The molecule has 3 nitrogen and oxygen atoms in total. The first-order valence-electron chi connectivity index (χ1n) is 8.03. The van der Waals surface area contributed by atoms with Gasteiger partial charge in [0.05, 0.1) is 0 Å². The third kappa shape index (κ3) is 3.31. The van der Waals surface area contributed by atoms with E-state index in [1.807, 2.05) is 0 Å². The highest BCUT2D eigenvalue weighted by molar-refractivity contribution is 5.79. The lowest BCUT2D eigenvalue weighted by Crippen LogP contribution is -2.51. The van der Waals surface area contributed by atoms with Gasteiger partial charge >= 0.3 is 0 Å². The molecule has 1 saturated carbocycles. The summed E-state index contributed by atoms with van der Waals surface area (Å²) in [5.74, 6) is 2.62. The lowest BCUT2D eigenvalue weighted by Gasteiger charge is -2.43. The van der Waals surface area contributed by atoms with E-state index in [1.165, 1.54) is 6.42 Å². The molecule has 1 saturated heterocycles. The van der Waals surface area contributed by atoms with Crippen molar-refractivity contribution in [3.8, 4) is 0 Å². The van der Waals surface area contributed by atoms with Crippen LogP contribution in [0.3, 0.4) is 0 Å². The molecule has 110 valence electrons. The first-order valence-corrected chi connectivity index (χ1v) is 8.03. The van der Waals surface area contributed by atoms with Crippen LogP contribution in [0, 0.1) is 23.7 Å². The van der Waals surface area contributed by atoms with E-state index in [9.17, 15) is 4.79 Å². The Hall–Kier alpha value is -0.570. The van der Waals surface area contributed by atoms with Crippen molar-refractivity contribution in [2.75, 3.05) is 13.1 Å². The molecule has 0 aromatic rings. The Bertz CT molecular complexity index is 310. The van der Waals surface area contributed by atoms with Crippen LogP contribution < -0.4 is 5.73 Å². The molecule has 19 heavy (non-hydrogen) atoms. The summed E-state index contributed by atoms with van der Waals surface area (Å²) in [6.07, 6.45) is 5.63. The molecule has 3 atom stereocenters. The van der Waals surface area contributed by atoms with Crippen LogP contribution >= 0.6 is 0 Å². The molecule has 2 fully saturated rings. The van der Waals surface area contributed by atoms with Gasteiger partial charge in [-0.15, -0.1) is 0 Å². The minimum absolute atomic E-state index is 0.266. The number of amides is 1. The zero-order valence-electron chi connectivity index (χ0n) is 12.8. The molecule has 0 aromatic carbocycles. The van der Waals surface area contributed by atoms with Crippen LogP contribution in [-0.2, 0) is 4.79 Å². The van der Waals surface area contributed by atoms with Crippen LogP contribution in [0.25, 0.3) is 0 Å². The Morgan fingerprint density at radius 3 is 2.37 bits per heavy atom. The van der Waals surface area contributed by atoms with Gasteiger partial charge in [0.25, 0.3) is 0 Å². The molecule has 0 radical (unpaired) electrons. The Morgan fingerprint density at radius 1 is 1.16 bits per heavy atom. The maximum Gasteiger partial charge on any atom is 0.225 e. The number of piperidine rings is 1. The summed E-state index contributed by atoms with van der Waals surface area (Å²) in [4.78, 5) is 14.9. The minimum Gasteiger partial charge on any atom is -0.339 e. The first-order chi connectivity index (χ1) is 9.02. The van der Waals surface area contributed by atoms with Crippen molar-refractivity contribution >= 4 is 5.91 Å². The number of hydrogen-bond donors (Lipinski definition) is 1. The van der Waals surface area contributed by atoms with Gasteiger partial charge in [-0.3, -0.25) is 4.79 Å². The predicted octanol–water partition coefficient (Wildman–Crippen LogP) is 2.64. The predicted molar refractivity (Wildman–Crippen MR) is 78.6 cm³/mol. The summed E-state index contributed by atoms with van der Waals surface area (Å²) in [6.45, 7) is 8.52. The van der Waals surface area contributed by atoms with Crippen molar-refractivity contribution in [3.05, 3.63) is 0 Å². The maximum absolute atomic E-state index is 12.7. The standard InChI is InChI=1S/C16H30N2O/c1-11-8-12(2)13(3)18(10-11)16(19)15-6-4-14(9-17)5-7-15/h11-15H,4-10,17H2,1-3H3. The number of nitrogens with zero attached hydrogens (tertiary/aromatic N) is 1. The van der Waals surface area contributed by atoms with Crippen LogP contribution in [-0.4, -0.2) is 29.9 Å². The van der Waals surface area contributed by atoms with Crippen molar-refractivity contribution in [1.29, 1.82) is 0 Å². The van der Waals surface area contributed by atoms with E-state index < -0.39 is 0 Å². The summed E-state index contributed by atoms with van der Waals surface area (Å²) >= 11 is 0. The quantitative estimate of drug-likeness (QED) is 0.835. The van der Waals surface area contributed by atoms with Gasteiger partial charge < -0.3 is 10.6 Å². The summed E-state index contributed by atoms with van der Waals surface area (Å²) < 4.78 is 0. The molecule has 1 aliphatic heterocycles. The molecular weight excluding hydrogens is 236 g/mol. The van der Waals surface area contributed by atoms with Crippen LogP contribution in [0.2, 0.25) is 0 Å². The number of likely N-dealkylation sites (tertiary alicyclic amines) is 1. The Morgan fingerprint density at radius 2 is 1.79 bits per heavy atom. The van der Waals surface area contributed by atoms with Crippen molar-refractivity contribution in [1.82, 2.24) is 4.90 Å². The van der Waals surface area contributed by atoms with Crippen molar-refractivity contribution in [3.63, 3.8) is 0 Å². The average molecular weight is 266 g/mol. The van der Waals surface area contributed by atoms with Gasteiger partial charge in [-0.2, -0.15) is 0 Å². The second kappa shape index (κ2) is 6.25. The van der Waals surface area contributed by atoms with Gasteiger partial charge in [0, 0.05) is 18.5 Å². The zero-order chi connectivity index (χ0) is 14.0. The lowest BCUT2D eigenvalue weighted by atomic mass is 9.79. The molecule has 1 amide bonds. The maximum atomic E-state index is 12.7. The summed E-state index contributed by atoms with van der Waals surface area (Å²) in [5.41, 5.74) is 5.73. The van der Waals surface area contributed by atoms with E-state index in [1.54, 1.807) is 0 Å². The fourth-order valence-corrected chi connectivity index (χ4v) is 3.89. The molecular formula is C16H30N2O. The molecule has 0 aromatic heterocycles. The largest absolute Gasteiger partial charge is 0.339 e. The Kier molecular flexibility index (Phi) is 4.88. The van der Waals surface area contributed by atoms with Gasteiger partial charge in [-0.05, 0) is 63.3 Å². The molecule has 2 aliphatic rings. The highest BCUT2D eigenvalue weighted by Gasteiger charge is 2.36. The number of carbonyl (C=O) groups is 1. The number of hydrogen-bond acceptors (Lipinski definition) is 2. The van der Waals surface area contributed by atoms with Crippen molar-refractivity contribution in [2.45, 2.75) is 58.9 Å². The number of carbonyl (C=O) groups excluding carboxylic acids is 1. The van der Waals surface area contributed by atoms with Crippen LogP contribution in [0.15, 0.2) is 0 Å². The molecule has 2 N–H and O–H groups in total. The molecule has 2 rings (SSSR count). The monoisotopic (exact) mass is 266 g/mol. The van der Waals surface area contributed by atoms with E-state index in [2.05, 4.69) is 25.7 Å². The van der Waals surface area contributed by atoms with E-state index in [-0.39, 0.29) is 5.92 Å². The third-order valence-electron chi connectivity index (χ3n) is 5.41. The van der Waals surface area contributed by atoms with Crippen LogP contribution in [0.5, 0.6) is 0 Å². The van der Waals surface area contributed by atoms with Gasteiger partial charge in [-0.1, -0.05) is 13.8 Å². The average Bonchev–Trinajstić information content (AvgIpc) is 2.42. The van der Waals surface area contributed by atoms with E-state index in [0.29, 0.717) is 29.7 Å². The minimum atomic E-state index is 0.266. The summed E-state index contributed by atoms with van der Waals surface area (Å²) in [5, 5.41) is 0. The molecule has 1 heterocycles. The normalized spacial score (nSPS) is 40.2. The fraction of sp³-hybridized carbons (Fsp3) is 0.938. The van der Waals surface area contributed by atoms with Crippen LogP contribution in [0.1, 0.15) is 52.9 Å². The number of nitrogens with two attached hydrogens (primary N) is 1. The molecule has 0 spiro atoms. The van der Waals surface area contributed by atoms with Crippen molar-refractivity contribution in [2.24, 2.45) is 29.4 Å². The molecule has 0 bridgehead atoms. The fourth-order valence-electron chi connectivity index (χ4n) is 3.89. The first kappa shape index (κ1) is 14.8. The molecule has 1 aliphatic carbocycles. The number of rotatable bonds is 2. The van der Waals surface area contributed by atoms with Gasteiger partial charge in [0.1, 0.15) is 0 Å². The molecule has 3 heteroatoms. The Labute approximate surface area is 117 Å². The van der Waals surface area contributed by atoms with Crippen LogP contribution in [0.4, 0.5) is 0 Å². The topological polar surface area (TPSA) is 46.3 Å². The van der Waals surface area contributed by atoms with E-state index >= 15 is 0 Å². The van der Waals surface area contributed by atoms with Gasteiger partial charge in [0.15, 0.2) is 0 Å². The lowest BCUT2D eigenvalue weighted by molar-refractivity contribution is -0.142. The van der Waals surface area contributed by atoms with Gasteiger partial charge in [-0.25, -0.2) is 0 Å². The zero-order valence-corrected chi connectivity index (χ0v) is 12.8. The summed E-state index contributed by atoms with van der Waals surface area (Å²) in [6, 6.07) is 0.413. The van der Waals surface area contributed by atoms with Gasteiger partial charge in [0.2, 0.25) is 5.91 Å². The van der Waals surface area contributed by atoms with Crippen molar-refractivity contribution < 1.29 is 4.79 Å². The smallest absolute Gasteiger partial charge is 0.225 e. The second-order valence-electron chi connectivity index (χ2n) is 7.00. The third-order valence-corrected chi connectivity index (χ3v) is 5.41. The van der Waals surface area contributed by atoms with E-state index in [4.69, 9.17) is 5.73 Å². The summed E-state index contributed by atoms with van der Waals surface area (Å²) in [7, 11) is 0. The van der Waals surface area contributed by atoms with E-state index in [0.717, 1.165) is 38.8 Å².